The van der Waals surface area contributed by atoms with E-state index in [4.69, 9.17) is 0 Å². The van der Waals surface area contributed by atoms with Crippen molar-refractivity contribution in [2.24, 2.45) is 5.92 Å². The minimum absolute atomic E-state index is 0.0114. The van der Waals surface area contributed by atoms with Crippen LogP contribution in [0.3, 0.4) is 0 Å². The maximum atomic E-state index is 11.8. The number of aldehydes is 1. The van der Waals surface area contributed by atoms with Crippen LogP contribution in [0, 0.1) is 5.92 Å². The van der Waals surface area contributed by atoms with Gasteiger partial charge in [-0.2, -0.15) is 0 Å². The molecule has 1 heterocycles. The lowest BCUT2D eigenvalue weighted by Crippen LogP contribution is -2.30. The van der Waals surface area contributed by atoms with E-state index in [0.29, 0.717) is 18.0 Å². The third kappa shape index (κ3) is 3.22. The molecule has 0 bridgehead atoms. The average molecular weight is 258 g/mol. The van der Waals surface area contributed by atoms with Gasteiger partial charge in [0, 0.05) is 23.8 Å². The summed E-state index contributed by atoms with van der Waals surface area (Å²) in [6.45, 7) is 5.07. The van der Waals surface area contributed by atoms with Crippen LogP contribution in [-0.2, 0) is 11.3 Å². The third-order valence-electron chi connectivity index (χ3n) is 2.96. The highest BCUT2D eigenvalue weighted by atomic mass is 16.1. The Morgan fingerprint density at radius 3 is 2.84 bits per heavy atom. The van der Waals surface area contributed by atoms with Crippen molar-refractivity contribution in [1.29, 1.82) is 0 Å². The number of aromatic nitrogens is 1. The Morgan fingerprint density at radius 1 is 1.37 bits per heavy atom. The quantitative estimate of drug-likeness (QED) is 0.836. The highest BCUT2D eigenvalue weighted by Crippen LogP contribution is 2.16. The number of carbonyl (C=O) groups is 2. The molecule has 2 rings (SSSR count). The van der Waals surface area contributed by atoms with Gasteiger partial charge in [-0.15, -0.1) is 0 Å². The van der Waals surface area contributed by atoms with Gasteiger partial charge in [0.25, 0.3) is 0 Å². The van der Waals surface area contributed by atoms with E-state index in [1.54, 1.807) is 12.1 Å². The second-order valence-corrected chi connectivity index (χ2v) is 5.08. The van der Waals surface area contributed by atoms with E-state index in [0.717, 1.165) is 17.2 Å². The molecule has 100 valence electrons. The fourth-order valence-corrected chi connectivity index (χ4v) is 1.94. The van der Waals surface area contributed by atoms with E-state index >= 15 is 0 Å². The number of nitrogens with one attached hydrogen (secondary N) is 1. The Labute approximate surface area is 112 Å². The van der Waals surface area contributed by atoms with E-state index < -0.39 is 0 Å². The number of hydrogen-bond donors (Lipinski definition) is 1. The number of rotatable bonds is 5. The molecule has 0 aliphatic heterocycles. The normalized spacial score (nSPS) is 10.9. The molecule has 0 aliphatic rings. The zero-order valence-electron chi connectivity index (χ0n) is 11.2. The van der Waals surface area contributed by atoms with Crippen LogP contribution >= 0.6 is 0 Å². The van der Waals surface area contributed by atoms with Crippen LogP contribution in [-0.4, -0.2) is 23.3 Å². The van der Waals surface area contributed by atoms with Crippen molar-refractivity contribution >= 4 is 23.1 Å². The zero-order chi connectivity index (χ0) is 13.8. The van der Waals surface area contributed by atoms with Crippen LogP contribution < -0.4 is 5.32 Å². The molecule has 2 aromatic rings. The van der Waals surface area contributed by atoms with Crippen LogP contribution in [0.15, 0.2) is 30.5 Å². The molecule has 0 saturated heterocycles. The molecule has 0 atom stereocenters. The SMILES string of the molecule is CC(C)CNC(=O)Cn1ccc2ccc(C=O)cc21. The number of fused-ring (bicyclic) bond motifs is 1. The molecule has 0 radical (unpaired) electrons. The standard InChI is InChI=1S/C15H18N2O2/c1-11(2)8-16-15(19)9-17-6-5-13-4-3-12(10-18)7-14(13)17/h3-7,10-11H,8-9H2,1-2H3,(H,16,19). The Balaban J connectivity index is 2.16. The lowest BCUT2D eigenvalue weighted by molar-refractivity contribution is -0.121. The largest absolute Gasteiger partial charge is 0.354 e. The van der Waals surface area contributed by atoms with Crippen molar-refractivity contribution in [1.82, 2.24) is 9.88 Å². The van der Waals surface area contributed by atoms with Gasteiger partial charge in [0.2, 0.25) is 5.91 Å². The molecular formula is C15H18N2O2. The first-order valence-corrected chi connectivity index (χ1v) is 6.41. The van der Waals surface area contributed by atoms with Gasteiger partial charge in [-0.05, 0) is 23.4 Å². The smallest absolute Gasteiger partial charge is 0.239 e. The summed E-state index contributed by atoms with van der Waals surface area (Å²) in [7, 11) is 0. The van der Waals surface area contributed by atoms with Crippen molar-refractivity contribution in [3.8, 4) is 0 Å². The Hall–Kier alpha value is -2.10. The van der Waals surface area contributed by atoms with Gasteiger partial charge in [0.15, 0.2) is 0 Å². The predicted octanol–water partition coefficient (Wildman–Crippen LogP) is 2.23. The molecule has 1 N–H and O–H groups in total. The summed E-state index contributed by atoms with van der Waals surface area (Å²) < 4.78 is 1.86. The molecule has 19 heavy (non-hydrogen) atoms. The number of benzene rings is 1. The topological polar surface area (TPSA) is 51.1 Å². The molecule has 0 fully saturated rings. The van der Waals surface area contributed by atoms with E-state index in [-0.39, 0.29) is 12.5 Å². The van der Waals surface area contributed by atoms with Crippen molar-refractivity contribution in [3.05, 3.63) is 36.0 Å². The average Bonchev–Trinajstić information content (AvgIpc) is 2.79. The summed E-state index contributed by atoms with van der Waals surface area (Å²) in [4.78, 5) is 22.6. The maximum absolute atomic E-state index is 11.8. The molecule has 0 aliphatic carbocycles. The van der Waals surface area contributed by atoms with Crippen LogP contribution in [0.5, 0.6) is 0 Å². The Bertz CT molecular complexity index is 599. The number of carbonyl (C=O) groups excluding carboxylic acids is 2. The predicted molar refractivity (Wildman–Crippen MR) is 75.2 cm³/mol. The molecule has 1 aromatic heterocycles. The van der Waals surface area contributed by atoms with E-state index in [2.05, 4.69) is 19.2 Å². The van der Waals surface area contributed by atoms with Gasteiger partial charge >= 0.3 is 0 Å². The Kier molecular flexibility index (Phi) is 4.00. The van der Waals surface area contributed by atoms with E-state index in [9.17, 15) is 9.59 Å². The first kappa shape index (κ1) is 13.3. The summed E-state index contributed by atoms with van der Waals surface area (Å²) in [6, 6.07) is 7.41. The van der Waals surface area contributed by atoms with Crippen molar-refractivity contribution < 1.29 is 9.59 Å². The highest BCUT2D eigenvalue weighted by Gasteiger charge is 2.07. The summed E-state index contributed by atoms with van der Waals surface area (Å²) in [5.41, 5.74) is 1.53. The minimum Gasteiger partial charge on any atom is -0.354 e. The Morgan fingerprint density at radius 2 is 2.16 bits per heavy atom. The molecule has 4 heteroatoms. The lowest BCUT2D eigenvalue weighted by atomic mass is 10.2. The summed E-state index contributed by atoms with van der Waals surface area (Å²) in [5.74, 6) is 0.426. The zero-order valence-corrected chi connectivity index (χ0v) is 11.2. The molecule has 0 spiro atoms. The van der Waals surface area contributed by atoms with E-state index in [1.807, 2.05) is 22.9 Å². The second kappa shape index (κ2) is 5.69. The number of amides is 1. The van der Waals surface area contributed by atoms with E-state index in [1.165, 1.54) is 0 Å². The van der Waals surface area contributed by atoms with Crippen molar-refractivity contribution in [2.75, 3.05) is 6.54 Å². The minimum atomic E-state index is -0.0114. The van der Waals surface area contributed by atoms with Crippen molar-refractivity contribution in [2.45, 2.75) is 20.4 Å². The van der Waals surface area contributed by atoms with Gasteiger partial charge < -0.3 is 9.88 Å². The van der Waals surface area contributed by atoms with Crippen LogP contribution in [0.2, 0.25) is 0 Å². The molecule has 4 nitrogen and oxygen atoms in total. The molecule has 1 aromatic carbocycles. The first-order chi connectivity index (χ1) is 9.10. The molecule has 0 unspecified atom stereocenters. The summed E-state index contributed by atoms with van der Waals surface area (Å²) in [5, 5.41) is 3.91. The summed E-state index contributed by atoms with van der Waals surface area (Å²) in [6.07, 6.45) is 2.68. The monoisotopic (exact) mass is 258 g/mol. The molecule has 1 amide bonds. The summed E-state index contributed by atoms with van der Waals surface area (Å²) >= 11 is 0. The maximum Gasteiger partial charge on any atom is 0.239 e. The molecular weight excluding hydrogens is 240 g/mol. The number of hydrogen-bond acceptors (Lipinski definition) is 2. The van der Waals surface area contributed by atoms with Crippen molar-refractivity contribution in [3.63, 3.8) is 0 Å². The van der Waals surface area contributed by atoms with Gasteiger partial charge in [-0.3, -0.25) is 9.59 Å². The van der Waals surface area contributed by atoms with Gasteiger partial charge in [0.05, 0.1) is 0 Å². The fourth-order valence-electron chi connectivity index (χ4n) is 1.94. The fraction of sp³-hybridized carbons (Fsp3) is 0.333. The number of nitrogens with zero attached hydrogens (tertiary/aromatic N) is 1. The lowest BCUT2D eigenvalue weighted by Gasteiger charge is -2.09. The van der Waals surface area contributed by atoms with Gasteiger partial charge in [0.1, 0.15) is 12.8 Å². The third-order valence-corrected chi connectivity index (χ3v) is 2.96. The van der Waals surface area contributed by atoms with Gasteiger partial charge in [-0.1, -0.05) is 26.0 Å². The van der Waals surface area contributed by atoms with Crippen LogP contribution in [0.1, 0.15) is 24.2 Å². The highest BCUT2D eigenvalue weighted by molar-refractivity contribution is 5.88. The van der Waals surface area contributed by atoms with Crippen LogP contribution in [0.4, 0.5) is 0 Å². The van der Waals surface area contributed by atoms with Crippen LogP contribution in [0.25, 0.3) is 10.9 Å². The first-order valence-electron chi connectivity index (χ1n) is 6.41. The molecule has 0 saturated carbocycles. The van der Waals surface area contributed by atoms with Gasteiger partial charge in [-0.25, -0.2) is 0 Å². The second-order valence-electron chi connectivity index (χ2n) is 5.08.